The van der Waals surface area contributed by atoms with Gasteiger partial charge in [0.15, 0.2) is 11.5 Å². The van der Waals surface area contributed by atoms with Gasteiger partial charge in [-0.1, -0.05) is 28.6 Å². The standard InChI is InChI=1S/C13H13BrO4/c1-9(14)8-18-11-5-3-10(4-6-13(15)16)7-12(11)17-2/h3-7H,1,8H2,2H3,(H,15,16)/b6-4+. The van der Waals surface area contributed by atoms with Gasteiger partial charge >= 0.3 is 5.97 Å². The molecule has 0 unspecified atom stereocenters. The number of halogens is 1. The van der Waals surface area contributed by atoms with Crippen LogP contribution in [-0.4, -0.2) is 24.8 Å². The van der Waals surface area contributed by atoms with Gasteiger partial charge in [-0.05, 0) is 23.8 Å². The summed E-state index contributed by atoms with van der Waals surface area (Å²) in [6.45, 7) is 4.00. The molecule has 0 saturated carbocycles. The number of carboxylic acids is 1. The molecule has 0 aliphatic rings. The van der Waals surface area contributed by atoms with Crippen molar-refractivity contribution in [1.29, 1.82) is 0 Å². The molecule has 4 nitrogen and oxygen atoms in total. The van der Waals surface area contributed by atoms with Crippen molar-refractivity contribution in [3.8, 4) is 11.5 Å². The zero-order chi connectivity index (χ0) is 13.5. The lowest BCUT2D eigenvalue weighted by molar-refractivity contribution is -0.131. The Labute approximate surface area is 114 Å². The quantitative estimate of drug-likeness (QED) is 0.820. The first-order chi connectivity index (χ1) is 8.52. The van der Waals surface area contributed by atoms with Crippen molar-refractivity contribution >= 4 is 28.0 Å². The van der Waals surface area contributed by atoms with E-state index in [1.165, 1.54) is 13.2 Å². The molecule has 1 aromatic rings. The second kappa shape index (κ2) is 6.86. The normalized spacial score (nSPS) is 10.3. The Morgan fingerprint density at radius 3 is 2.78 bits per heavy atom. The molecule has 18 heavy (non-hydrogen) atoms. The number of hydrogen-bond acceptors (Lipinski definition) is 3. The Bertz CT molecular complexity index is 480. The first-order valence-electron chi connectivity index (χ1n) is 5.08. The Morgan fingerprint density at radius 2 is 2.22 bits per heavy atom. The summed E-state index contributed by atoms with van der Waals surface area (Å²) in [7, 11) is 1.52. The number of carbonyl (C=O) groups is 1. The van der Waals surface area contributed by atoms with Crippen molar-refractivity contribution in [2.24, 2.45) is 0 Å². The van der Waals surface area contributed by atoms with E-state index in [1.54, 1.807) is 18.2 Å². The number of carboxylic acid groups (broad SMARTS) is 1. The van der Waals surface area contributed by atoms with Crippen LogP contribution in [0.25, 0.3) is 6.08 Å². The van der Waals surface area contributed by atoms with Crippen LogP contribution in [0, 0.1) is 0 Å². The molecule has 0 radical (unpaired) electrons. The highest BCUT2D eigenvalue weighted by Crippen LogP contribution is 2.29. The molecular weight excluding hydrogens is 300 g/mol. The van der Waals surface area contributed by atoms with Crippen molar-refractivity contribution in [3.63, 3.8) is 0 Å². The van der Waals surface area contributed by atoms with Crippen LogP contribution in [-0.2, 0) is 4.79 Å². The van der Waals surface area contributed by atoms with Gasteiger partial charge in [0, 0.05) is 10.6 Å². The molecule has 0 spiro atoms. The smallest absolute Gasteiger partial charge is 0.328 e. The monoisotopic (exact) mass is 312 g/mol. The second-order valence-corrected chi connectivity index (χ2v) is 4.51. The third-order valence-electron chi connectivity index (χ3n) is 1.99. The molecule has 0 aliphatic heterocycles. The predicted octanol–water partition coefficient (Wildman–Crippen LogP) is 3.08. The number of rotatable bonds is 6. The molecule has 5 heteroatoms. The summed E-state index contributed by atoms with van der Waals surface area (Å²) in [6.07, 6.45) is 2.55. The van der Waals surface area contributed by atoms with Crippen molar-refractivity contribution in [2.45, 2.75) is 0 Å². The van der Waals surface area contributed by atoms with Gasteiger partial charge in [0.25, 0.3) is 0 Å². The van der Waals surface area contributed by atoms with Gasteiger partial charge < -0.3 is 14.6 Å². The van der Waals surface area contributed by atoms with Crippen LogP contribution in [0.4, 0.5) is 0 Å². The average molecular weight is 313 g/mol. The third kappa shape index (κ3) is 4.63. The van der Waals surface area contributed by atoms with Crippen molar-refractivity contribution in [1.82, 2.24) is 0 Å². The summed E-state index contributed by atoms with van der Waals surface area (Å²) in [4.78, 5) is 10.4. The molecule has 0 aromatic heterocycles. The summed E-state index contributed by atoms with van der Waals surface area (Å²) >= 11 is 3.20. The molecule has 1 N–H and O–H groups in total. The van der Waals surface area contributed by atoms with Crippen LogP contribution in [0.2, 0.25) is 0 Å². The van der Waals surface area contributed by atoms with E-state index in [1.807, 2.05) is 0 Å². The lowest BCUT2D eigenvalue weighted by Crippen LogP contribution is -1.98. The molecule has 0 saturated heterocycles. The van der Waals surface area contributed by atoms with Gasteiger partial charge in [0.05, 0.1) is 7.11 Å². The number of aliphatic carboxylic acids is 1. The second-order valence-electron chi connectivity index (χ2n) is 3.39. The Kier molecular flexibility index (Phi) is 5.45. The Balaban J connectivity index is 2.89. The van der Waals surface area contributed by atoms with Crippen LogP contribution < -0.4 is 9.47 Å². The van der Waals surface area contributed by atoms with Gasteiger partial charge in [0.2, 0.25) is 0 Å². The van der Waals surface area contributed by atoms with E-state index in [0.29, 0.717) is 18.1 Å². The number of methoxy groups -OCH3 is 1. The largest absolute Gasteiger partial charge is 0.493 e. The van der Waals surface area contributed by atoms with E-state index in [2.05, 4.69) is 22.5 Å². The Hall–Kier alpha value is -1.75. The number of hydrogen-bond donors (Lipinski definition) is 1. The van der Waals surface area contributed by atoms with E-state index in [9.17, 15) is 4.79 Å². The van der Waals surface area contributed by atoms with E-state index < -0.39 is 5.97 Å². The van der Waals surface area contributed by atoms with Crippen LogP contribution in [0.1, 0.15) is 5.56 Å². The molecule has 0 bridgehead atoms. The van der Waals surface area contributed by atoms with E-state index in [4.69, 9.17) is 14.6 Å². The fourth-order valence-corrected chi connectivity index (χ4v) is 1.35. The highest BCUT2D eigenvalue weighted by molar-refractivity contribution is 9.11. The fourth-order valence-electron chi connectivity index (χ4n) is 1.23. The minimum atomic E-state index is -0.995. The summed E-state index contributed by atoms with van der Waals surface area (Å²) in [6, 6.07) is 5.16. The van der Waals surface area contributed by atoms with E-state index >= 15 is 0 Å². The molecule has 96 valence electrons. The van der Waals surface area contributed by atoms with Gasteiger partial charge in [-0.15, -0.1) is 0 Å². The molecule has 0 atom stereocenters. The van der Waals surface area contributed by atoms with Crippen LogP contribution in [0.15, 0.2) is 35.3 Å². The molecule has 0 heterocycles. The van der Waals surface area contributed by atoms with Crippen molar-refractivity contribution in [2.75, 3.05) is 13.7 Å². The summed E-state index contributed by atoms with van der Waals surface area (Å²) in [5.41, 5.74) is 0.722. The highest BCUT2D eigenvalue weighted by Gasteiger charge is 2.05. The highest BCUT2D eigenvalue weighted by atomic mass is 79.9. The zero-order valence-corrected chi connectivity index (χ0v) is 11.4. The summed E-state index contributed by atoms with van der Waals surface area (Å²) < 4.78 is 11.4. The zero-order valence-electron chi connectivity index (χ0n) is 9.85. The predicted molar refractivity (Wildman–Crippen MR) is 73.2 cm³/mol. The van der Waals surface area contributed by atoms with E-state index in [0.717, 1.165) is 16.1 Å². The maximum Gasteiger partial charge on any atom is 0.328 e. The van der Waals surface area contributed by atoms with Crippen LogP contribution in [0.5, 0.6) is 11.5 Å². The van der Waals surface area contributed by atoms with Gasteiger partial charge in [0.1, 0.15) is 6.61 Å². The van der Waals surface area contributed by atoms with Crippen LogP contribution in [0.3, 0.4) is 0 Å². The summed E-state index contributed by atoms with van der Waals surface area (Å²) in [5.74, 6) is 0.117. The van der Waals surface area contributed by atoms with Crippen molar-refractivity contribution < 1.29 is 19.4 Å². The lowest BCUT2D eigenvalue weighted by atomic mass is 10.2. The number of ether oxygens (including phenoxy) is 2. The molecule has 0 fully saturated rings. The molecular formula is C13H13BrO4. The maximum atomic E-state index is 10.4. The molecule has 0 amide bonds. The minimum Gasteiger partial charge on any atom is -0.493 e. The molecule has 1 aromatic carbocycles. The van der Waals surface area contributed by atoms with Gasteiger partial charge in [-0.3, -0.25) is 0 Å². The lowest BCUT2D eigenvalue weighted by Gasteiger charge is -2.10. The SMILES string of the molecule is C=C(Br)COc1ccc(/C=C/C(=O)O)cc1OC. The first kappa shape index (κ1) is 14.3. The number of benzene rings is 1. The molecule has 1 rings (SSSR count). The topological polar surface area (TPSA) is 55.8 Å². The Morgan fingerprint density at radius 1 is 1.50 bits per heavy atom. The summed E-state index contributed by atoms with van der Waals surface area (Å²) in [5, 5.41) is 8.54. The third-order valence-corrected chi connectivity index (χ3v) is 2.22. The van der Waals surface area contributed by atoms with Crippen molar-refractivity contribution in [3.05, 3.63) is 40.9 Å². The fraction of sp³-hybridized carbons (Fsp3) is 0.154. The van der Waals surface area contributed by atoms with E-state index in [-0.39, 0.29) is 0 Å². The first-order valence-corrected chi connectivity index (χ1v) is 5.87. The maximum absolute atomic E-state index is 10.4. The van der Waals surface area contributed by atoms with Crippen LogP contribution >= 0.6 is 15.9 Å². The molecule has 0 aliphatic carbocycles. The van der Waals surface area contributed by atoms with Gasteiger partial charge in [-0.2, -0.15) is 0 Å². The van der Waals surface area contributed by atoms with Gasteiger partial charge in [-0.25, -0.2) is 4.79 Å². The average Bonchev–Trinajstić information content (AvgIpc) is 2.34. The minimum absolute atomic E-state index is 0.334.